The Morgan fingerprint density at radius 3 is 2.70 bits per heavy atom. The number of carbonyl (C=O) groups is 1. The van der Waals surface area contributed by atoms with E-state index in [0.717, 1.165) is 24.6 Å². The summed E-state index contributed by atoms with van der Waals surface area (Å²) < 4.78 is 16.3. The molecule has 0 N–H and O–H groups in total. The third-order valence-electron chi connectivity index (χ3n) is 4.81. The first-order chi connectivity index (χ1) is 13.2. The lowest BCUT2D eigenvalue weighted by atomic mass is 10.0. The van der Waals surface area contributed by atoms with Crippen LogP contribution < -0.4 is 10.4 Å². The topological polar surface area (TPSA) is 65.7 Å². The molecular formula is C22H20O5. The van der Waals surface area contributed by atoms with E-state index < -0.39 is 11.6 Å². The molecule has 1 aliphatic rings. The minimum atomic E-state index is -0.485. The van der Waals surface area contributed by atoms with Gasteiger partial charge in [-0.25, -0.2) is 9.59 Å². The summed E-state index contributed by atoms with van der Waals surface area (Å²) >= 11 is 0. The number of para-hydroxylation sites is 1. The van der Waals surface area contributed by atoms with Gasteiger partial charge in [0.2, 0.25) is 0 Å². The second-order valence-corrected chi connectivity index (χ2v) is 6.57. The predicted molar refractivity (Wildman–Crippen MR) is 101 cm³/mol. The van der Waals surface area contributed by atoms with E-state index in [4.69, 9.17) is 13.9 Å². The second kappa shape index (κ2) is 7.27. The number of ether oxygens (including phenoxy) is 2. The van der Waals surface area contributed by atoms with Crippen LogP contribution in [0.15, 0.2) is 51.7 Å². The van der Waals surface area contributed by atoms with Gasteiger partial charge in [-0.2, -0.15) is 0 Å². The maximum atomic E-state index is 12.5. The average Bonchev–Trinajstić information content (AvgIpc) is 3.12. The summed E-state index contributed by atoms with van der Waals surface area (Å²) in [6.07, 6.45) is 3.13. The van der Waals surface area contributed by atoms with Gasteiger partial charge >= 0.3 is 11.6 Å². The molecule has 5 nitrogen and oxygen atoms in total. The summed E-state index contributed by atoms with van der Waals surface area (Å²) in [5.41, 5.74) is 3.62. The van der Waals surface area contributed by atoms with E-state index in [2.05, 4.69) is 6.07 Å². The summed E-state index contributed by atoms with van der Waals surface area (Å²) in [4.78, 5) is 24.4. The van der Waals surface area contributed by atoms with Gasteiger partial charge in [-0.3, -0.25) is 0 Å². The lowest BCUT2D eigenvalue weighted by Gasteiger charge is -2.11. The quantitative estimate of drug-likeness (QED) is 0.505. The van der Waals surface area contributed by atoms with Crippen LogP contribution in [0.25, 0.3) is 11.0 Å². The highest BCUT2D eigenvalue weighted by Gasteiger charge is 2.17. The van der Waals surface area contributed by atoms with Gasteiger partial charge in [-0.05, 0) is 61.6 Å². The van der Waals surface area contributed by atoms with Crippen LogP contribution in [0.3, 0.4) is 0 Å². The molecule has 0 fully saturated rings. The fourth-order valence-corrected chi connectivity index (χ4v) is 3.55. The lowest BCUT2D eigenvalue weighted by Crippen LogP contribution is -2.10. The molecule has 2 aromatic carbocycles. The molecule has 3 aromatic rings. The van der Waals surface area contributed by atoms with E-state index in [-0.39, 0.29) is 6.61 Å². The normalized spacial score (nSPS) is 12.8. The molecule has 0 spiro atoms. The largest absolute Gasteiger partial charge is 0.493 e. The van der Waals surface area contributed by atoms with E-state index in [1.807, 2.05) is 13.0 Å². The van der Waals surface area contributed by atoms with Crippen molar-refractivity contribution >= 4 is 16.9 Å². The van der Waals surface area contributed by atoms with Crippen molar-refractivity contribution in [2.24, 2.45) is 0 Å². The summed E-state index contributed by atoms with van der Waals surface area (Å²) in [6, 6.07) is 12.3. The van der Waals surface area contributed by atoms with E-state index >= 15 is 0 Å². The van der Waals surface area contributed by atoms with E-state index in [0.29, 0.717) is 29.1 Å². The summed E-state index contributed by atoms with van der Waals surface area (Å²) in [6.45, 7) is 2.32. The number of hydrogen-bond donors (Lipinski definition) is 0. The fraction of sp³-hybridized carbons (Fsp3) is 0.273. The molecule has 0 saturated heterocycles. The second-order valence-electron chi connectivity index (χ2n) is 6.57. The van der Waals surface area contributed by atoms with Gasteiger partial charge in [0.15, 0.2) is 0 Å². The van der Waals surface area contributed by atoms with Crippen LogP contribution in [0.4, 0.5) is 0 Å². The average molecular weight is 364 g/mol. The molecule has 4 rings (SSSR count). The first-order valence-electron chi connectivity index (χ1n) is 9.13. The first kappa shape index (κ1) is 17.3. The first-order valence-corrected chi connectivity index (χ1v) is 9.13. The lowest BCUT2D eigenvalue weighted by molar-refractivity contribution is 0.0469. The summed E-state index contributed by atoms with van der Waals surface area (Å²) in [5.74, 6) is 0.00172. The number of rotatable bonds is 5. The van der Waals surface area contributed by atoms with Crippen molar-refractivity contribution in [3.8, 4) is 5.75 Å². The van der Waals surface area contributed by atoms with Crippen LogP contribution in [0.1, 0.15) is 40.4 Å². The number of esters is 1. The van der Waals surface area contributed by atoms with Crippen molar-refractivity contribution in [1.29, 1.82) is 0 Å². The molecule has 5 heteroatoms. The highest BCUT2D eigenvalue weighted by molar-refractivity contribution is 5.92. The highest BCUT2D eigenvalue weighted by atomic mass is 16.5. The Morgan fingerprint density at radius 1 is 1.11 bits per heavy atom. The van der Waals surface area contributed by atoms with Crippen LogP contribution in [0.2, 0.25) is 0 Å². The number of fused-ring (bicyclic) bond motifs is 2. The minimum absolute atomic E-state index is 0.000178. The Hall–Kier alpha value is -3.08. The van der Waals surface area contributed by atoms with Gasteiger partial charge < -0.3 is 13.9 Å². The monoisotopic (exact) mass is 364 g/mol. The molecule has 0 atom stereocenters. The van der Waals surface area contributed by atoms with Crippen molar-refractivity contribution in [2.45, 2.75) is 32.8 Å². The Bertz CT molecular complexity index is 1060. The standard InChI is InChI=1S/C22H20O5/c1-2-25-19-9-4-3-8-17(19)22(24)26-13-16-12-21(23)27-20-11-15-7-5-6-14(15)10-18(16)20/h3-4,8-12H,2,5-7,13H2,1H3. The van der Waals surface area contributed by atoms with Gasteiger partial charge in [0, 0.05) is 17.0 Å². The van der Waals surface area contributed by atoms with Crippen molar-refractivity contribution in [3.05, 3.63) is 75.1 Å². The number of carbonyl (C=O) groups excluding carboxylic acids is 1. The van der Waals surface area contributed by atoms with Crippen molar-refractivity contribution in [1.82, 2.24) is 0 Å². The zero-order valence-electron chi connectivity index (χ0n) is 15.1. The Kier molecular flexibility index (Phi) is 4.67. The molecule has 1 aromatic heterocycles. The third-order valence-corrected chi connectivity index (χ3v) is 4.81. The maximum Gasteiger partial charge on any atom is 0.342 e. The molecule has 0 unspecified atom stereocenters. The van der Waals surface area contributed by atoms with Gasteiger partial charge in [-0.1, -0.05) is 12.1 Å². The number of benzene rings is 2. The van der Waals surface area contributed by atoms with Crippen molar-refractivity contribution in [2.75, 3.05) is 6.61 Å². The van der Waals surface area contributed by atoms with Crippen molar-refractivity contribution in [3.63, 3.8) is 0 Å². The SMILES string of the molecule is CCOc1ccccc1C(=O)OCc1cc(=O)oc2cc3c(cc12)CCC3. The predicted octanol–water partition coefficient (Wildman–Crippen LogP) is 4.04. The van der Waals surface area contributed by atoms with Crippen molar-refractivity contribution < 1.29 is 18.7 Å². The molecule has 138 valence electrons. The summed E-state index contributed by atoms with van der Waals surface area (Å²) in [5, 5.41) is 0.821. The van der Waals surface area contributed by atoms with Gasteiger partial charge in [0.05, 0.1) is 6.61 Å². The molecule has 0 radical (unpaired) electrons. The smallest absolute Gasteiger partial charge is 0.342 e. The van der Waals surface area contributed by atoms with Crippen LogP contribution in [-0.2, 0) is 24.2 Å². The van der Waals surface area contributed by atoms with Crippen LogP contribution in [-0.4, -0.2) is 12.6 Å². The van der Waals surface area contributed by atoms with Crippen LogP contribution in [0.5, 0.6) is 5.75 Å². The fourth-order valence-electron chi connectivity index (χ4n) is 3.55. The molecule has 0 amide bonds. The molecular weight excluding hydrogens is 344 g/mol. The Balaban J connectivity index is 1.62. The van der Waals surface area contributed by atoms with E-state index in [1.165, 1.54) is 17.2 Å². The molecule has 0 aliphatic heterocycles. The van der Waals surface area contributed by atoms with Gasteiger partial charge in [0.1, 0.15) is 23.5 Å². The third kappa shape index (κ3) is 3.45. The molecule has 0 saturated carbocycles. The zero-order chi connectivity index (χ0) is 18.8. The Morgan fingerprint density at radius 2 is 1.89 bits per heavy atom. The van der Waals surface area contributed by atoms with Crippen LogP contribution in [0, 0.1) is 0 Å². The molecule has 0 bridgehead atoms. The molecule has 27 heavy (non-hydrogen) atoms. The van der Waals surface area contributed by atoms with Gasteiger partial charge in [0.25, 0.3) is 0 Å². The van der Waals surface area contributed by atoms with E-state index in [1.54, 1.807) is 24.3 Å². The maximum absolute atomic E-state index is 12.5. The van der Waals surface area contributed by atoms with Crippen LogP contribution >= 0.6 is 0 Å². The summed E-state index contributed by atoms with van der Waals surface area (Å²) in [7, 11) is 0. The minimum Gasteiger partial charge on any atom is -0.493 e. The number of hydrogen-bond acceptors (Lipinski definition) is 5. The van der Waals surface area contributed by atoms with E-state index in [9.17, 15) is 9.59 Å². The highest BCUT2D eigenvalue weighted by Crippen LogP contribution is 2.29. The zero-order valence-corrected chi connectivity index (χ0v) is 15.1. The molecule has 1 heterocycles. The van der Waals surface area contributed by atoms with Gasteiger partial charge in [-0.15, -0.1) is 0 Å². The molecule has 1 aliphatic carbocycles. The number of aryl methyl sites for hydroxylation is 2. The Labute approximate surface area is 156 Å².